The number of aliphatic imine (C=N–C) groups is 1. The van der Waals surface area contributed by atoms with Crippen LogP contribution in [0.4, 0.5) is 0 Å². The van der Waals surface area contributed by atoms with Crippen LogP contribution in [0.2, 0.25) is 0 Å². The molecular weight excluding hydrogens is 566 g/mol. The van der Waals surface area contributed by atoms with Crippen LogP contribution in [0.5, 0.6) is 23.0 Å². The molecule has 8 nitrogen and oxygen atoms in total. The minimum absolute atomic E-state index is 0.0488. The van der Waals surface area contributed by atoms with Gasteiger partial charge in [-0.25, -0.2) is 0 Å². The molecule has 2 aromatic carbocycles. The summed E-state index contributed by atoms with van der Waals surface area (Å²) in [5, 5.41) is 0. The Labute approximate surface area is 237 Å². The molecule has 2 aromatic rings. The third-order valence-electron chi connectivity index (χ3n) is 7.31. The molecule has 0 saturated carbocycles. The molecule has 0 amide bonds. The molecule has 0 bridgehead atoms. The minimum Gasteiger partial charge on any atom is -0.493 e. The first-order chi connectivity index (χ1) is 18.8. The normalized spacial score (nSPS) is 20.6. The Bertz CT molecular complexity index is 1330. The van der Waals surface area contributed by atoms with Crippen molar-refractivity contribution >= 4 is 33.4 Å². The molecule has 208 valence electrons. The number of Topliss-reactive ketones (excluding diaryl/α,β-unsaturated/α-hetero) is 1. The Hall–Kier alpha value is -3.33. The fourth-order valence-electron chi connectivity index (χ4n) is 5.44. The maximum Gasteiger partial charge on any atom is 0.315 e. The minimum atomic E-state index is -0.744. The Balaban J connectivity index is 1.83. The van der Waals surface area contributed by atoms with Crippen molar-refractivity contribution in [2.45, 2.75) is 44.9 Å². The van der Waals surface area contributed by atoms with Gasteiger partial charge in [-0.05, 0) is 61.1 Å². The number of halogens is 1. The molecule has 0 aromatic heterocycles. The molecule has 0 saturated heterocycles. The third kappa shape index (κ3) is 5.55. The van der Waals surface area contributed by atoms with Gasteiger partial charge in [0, 0.05) is 33.8 Å². The van der Waals surface area contributed by atoms with Crippen molar-refractivity contribution < 1.29 is 33.3 Å². The van der Waals surface area contributed by atoms with Gasteiger partial charge in [0.25, 0.3) is 0 Å². The molecule has 3 atom stereocenters. The summed E-state index contributed by atoms with van der Waals surface area (Å²) >= 11 is 3.66. The number of rotatable bonds is 9. The van der Waals surface area contributed by atoms with E-state index in [0.29, 0.717) is 63.9 Å². The summed E-state index contributed by atoms with van der Waals surface area (Å²) in [6, 6.07) is 9.34. The predicted molar refractivity (Wildman–Crippen MR) is 151 cm³/mol. The van der Waals surface area contributed by atoms with E-state index in [0.717, 1.165) is 11.1 Å². The lowest BCUT2D eigenvalue weighted by Crippen LogP contribution is -2.38. The summed E-state index contributed by atoms with van der Waals surface area (Å²) in [5.74, 6) is 0.408. The number of ketones is 1. The number of esters is 1. The molecule has 9 heteroatoms. The molecule has 4 rings (SSSR count). The maximum absolute atomic E-state index is 13.9. The lowest BCUT2D eigenvalue weighted by Gasteiger charge is -2.37. The molecule has 0 N–H and O–H groups in total. The van der Waals surface area contributed by atoms with Crippen LogP contribution >= 0.6 is 15.9 Å². The van der Waals surface area contributed by atoms with Gasteiger partial charge in [-0.15, -0.1) is 0 Å². The van der Waals surface area contributed by atoms with Gasteiger partial charge in [0.15, 0.2) is 28.8 Å². The van der Waals surface area contributed by atoms with Crippen molar-refractivity contribution in [2.75, 3.05) is 35.0 Å². The second-order valence-corrected chi connectivity index (χ2v) is 10.5. The molecule has 1 aliphatic heterocycles. The van der Waals surface area contributed by atoms with Gasteiger partial charge in [-0.2, -0.15) is 0 Å². The lowest BCUT2D eigenvalue weighted by molar-refractivity contribution is -0.146. The van der Waals surface area contributed by atoms with E-state index >= 15 is 0 Å². The Morgan fingerprint density at radius 1 is 0.949 bits per heavy atom. The molecule has 0 radical (unpaired) electrons. The van der Waals surface area contributed by atoms with E-state index in [1.54, 1.807) is 34.5 Å². The number of carbonyl (C=O) groups excluding carboxylic acids is 2. The number of hydrogen-bond donors (Lipinski definition) is 0. The SMILES string of the molecule is CCCOC(=O)C1C(C)=NC2=C(C(=O)CC(c3ccc(OC)c(OC)c3)C2)C1c1cc(OC)c(OC)cc1Br. The van der Waals surface area contributed by atoms with E-state index < -0.39 is 17.8 Å². The summed E-state index contributed by atoms with van der Waals surface area (Å²) in [7, 11) is 6.30. The quantitative estimate of drug-likeness (QED) is 0.326. The van der Waals surface area contributed by atoms with Crippen molar-refractivity contribution in [3.05, 3.63) is 57.2 Å². The smallest absolute Gasteiger partial charge is 0.315 e. The first-order valence-corrected chi connectivity index (χ1v) is 13.7. The molecule has 1 heterocycles. The van der Waals surface area contributed by atoms with Crippen molar-refractivity contribution in [3.8, 4) is 23.0 Å². The zero-order valence-corrected chi connectivity index (χ0v) is 24.7. The Kier molecular flexibility index (Phi) is 9.00. The van der Waals surface area contributed by atoms with Crippen LogP contribution in [0.25, 0.3) is 0 Å². The summed E-state index contributed by atoms with van der Waals surface area (Å²) in [5.41, 5.74) is 3.56. The summed E-state index contributed by atoms with van der Waals surface area (Å²) in [6.45, 7) is 4.06. The van der Waals surface area contributed by atoms with Crippen LogP contribution in [0.1, 0.15) is 56.1 Å². The molecule has 0 spiro atoms. The van der Waals surface area contributed by atoms with Gasteiger partial charge in [0.1, 0.15) is 5.92 Å². The molecule has 39 heavy (non-hydrogen) atoms. The van der Waals surface area contributed by atoms with E-state index in [9.17, 15) is 9.59 Å². The Morgan fingerprint density at radius 3 is 2.23 bits per heavy atom. The fraction of sp³-hybridized carbons (Fsp3) is 0.433. The standard InChI is InChI=1S/C30H34BrNO7/c1-7-10-39-30(34)27-16(2)32-21-11-18(17-8-9-23(35-3)24(13-17)36-4)12-22(33)29(21)28(27)19-14-25(37-5)26(38-6)15-20(19)31/h8-9,13-15,18,27-28H,7,10-12H2,1-6H3. The van der Waals surface area contributed by atoms with E-state index in [-0.39, 0.29) is 18.1 Å². The zero-order valence-electron chi connectivity index (χ0n) is 23.1. The van der Waals surface area contributed by atoms with Gasteiger partial charge in [-0.1, -0.05) is 28.9 Å². The first kappa shape index (κ1) is 28.7. The van der Waals surface area contributed by atoms with Gasteiger partial charge in [-0.3, -0.25) is 14.6 Å². The topological polar surface area (TPSA) is 92.7 Å². The van der Waals surface area contributed by atoms with Crippen LogP contribution < -0.4 is 18.9 Å². The number of methoxy groups -OCH3 is 4. The Morgan fingerprint density at radius 2 is 1.59 bits per heavy atom. The van der Waals surface area contributed by atoms with Crippen molar-refractivity contribution in [3.63, 3.8) is 0 Å². The average molecular weight is 601 g/mol. The monoisotopic (exact) mass is 599 g/mol. The molecule has 2 aliphatic rings. The number of allylic oxidation sites excluding steroid dienone is 2. The number of nitrogens with zero attached hydrogens (tertiary/aromatic N) is 1. The van der Waals surface area contributed by atoms with Crippen LogP contribution in [0.15, 0.2) is 51.1 Å². The number of carbonyl (C=O) groups is 2. The highest BCUT2D eigenvalue weighted by Crippen LogP contribution is 2.50. The lowest BCUT2D eigenvalue weighted by atomic mass is 9.69. The van der Waals surface area contributed by atoms with Gasteiger partial charge in [0.05, 0.1) is 35.0 Å². The van der Waals surface area contributed by atoms with Gasteiger partial charge >= 0.3 is 5.97 Å². The fourth-order valence-corrected chi connectivity index (χ4v) is 6.01. The number of ether oxygens (including phenoxy) is 5. The van der Waals surface area contributed by atoms with Crippen LogP contribution in [-0.2, 0) is 14.3 Å². The first-order valence-electron chi connectivity index (χ1n) is 12.9. The van der Waals surface area contributed by atoms with Gasteiger partial charge in [0.2, 0.25) is 0 Å². The summed E-state index contributed by atoms with van der Waals surface area (Å²) in [6.07, 6.45) is 1.52. The van der Waals surface area contributed by atoms with Crippen LogP contribution in [0, 0.1) is 5.92 Å². The van der Waals surface area contributed by atoms with E-state index in [1.807, 2.05) is 38.1 Å². The second-order valence-electron chi connectivity index (χ2n) is 9.61. The average Bonchev–Trinajstić information content (AvgIpc) is 2.94. The van der Waals surface area contributed by atoms with Crippen molar-refractivity contribution in [1.82, 2.24) is 0 Å². The molecular formula is C30H34BrNO7. The highest BCUT2D eigenvalue weighted by Gasteiger charge is 2.45. The zero-order chi connectivity index (χ0) is 28.3. The number of benzene rings is 2. The maximum atomic E-state index is 13.9. The van der Waals surface area contributed by atoms with E-state index in [1.165, 1.54) is 0 Å². The van der Waals surface area contributed by atoms with E-state index in [2.05, 4.69) is 15.9 Å². The third-order valence-corrected chi connectivity index (χ3v) is 7.99. The van der Waals surface area contributed by atoms with E-state index in [4.69, 9.17) is 28.7 Å². The van der Waals surface area contributed by atoms with Crippen molar-refractivity contribution in [2.24, 2.45) is 10.9 Å². The van der Waals surface area contributed by atoms with Crippen molar-refractivity contribution in [1.29, 1.82) is 0 Å². The number of hydrogen-bond acceptors (Lipinski definition) is 8. The molecule has 0 fully saturated rings. The highest BCUT2D eigenvalue weighted by atomic mass is 79.9. The second kappa shape index (κ2) is 12.2. The summed E-state index contributed by atoms with van der Waals surface area (Å²) < 4.78 is 28.2. The predicted octanol–water partition coefficient (Wildman–Crippen LogP) is 6.01. The largest absolute Gasteiger partial charge is 0.493 e. The van der Waals surface area contributed by atoms with Crippen LogP contribution in [-0.4, -0.2) is 52.5 Å². The van der Waals surface area contributed by atoms with Gasteiger partial charge < -0.3 is 23.7 Å². The molecule has 3 unspecified atom stereocenters. The molecule has 1 aliphatic carbocycles. The highest BCUT2D eigenvalue weighted by molar-refractivity contribution is 9.10. The summed E-state index contributed by atoms with van der Waals surface area (Å²) in [4.78, 5) is 32.2. The van der Waals surface area contributed by atoms with Crippen LogP contribution in [0.3, 0.4) is 0 Å².